The molecule has 2 rings (SSSR count). The van der Waals surface area contributed by atoms with E-state index in [-0.39, 0.29) is 19.2 Å². The van der Waals surface area contributed by atoms with Crippen LogP contribution in [0, 0.1) is 3.70 Å². The average Bonchev–Trinajstić information content (AvgIpc) is 2.89. The number of rotatable bonds is 7. The number of aromatic nitrogens is 3. The van der Waals surface area contributed by atoms with E-state index in [2.05, 4.69) is 32.9 Å². The van der Waals surface area contributed by atoms with Gasteiger partial charge in [-0.05, 0) is 34.2 Å². The fraction of sp³-hybridized carbons (Fsp3) is 0.357. The Labute approximate surface area is 141 Å². The maximum Gasteiger partial charge on any atom is 0.310 e. The van der Waals surface area contributed by atoms with E-state index in [0.29, 0.717) is 12.3 Å². The molecule has 0 atom stereocenters. The first kappa shape index (κ1) is 16.8. The number of hydrogen-bond acceptors (Lipinski definition) is 6. The minimum absolute atomic E-state index is 0.179. The molecule has 0 fully saturated rings. The lowest BCUT2D eigenvalue weighted by atomic mass is 10.1. The van der Waals surface area contributed by atoms with E-state index < -0.39 is 0 Å². The second kappa shape index (κ2) is 8.20. The summed E-state index contributed by atoms with van der Waals surface area (Å²) in [5, 5.41) is 8.26. The van der Waals surface area contributed by atoms with E-state index in [1.807, 2.05) is 24.3 Å². The van der Waals surface area contributed by atoms with Crippen LogP contribution in [0.3, 0.4) is 0 Å². The highest BCUT2D eigenvalue weighted by molar-refractivity contribution is 14.1. The molecule has 0 bridgehead atoms. The third-order valence-corrected chi connectivity index (χ3v) is 3.98. The number of nitrogens with zero attached hydrogens (tertiary/aromatic N) is 3. The fourth-order valence-corrected chi connectivity index (χ4v) is 2.48. The van der Waals surface area contributed by atoms with Gasteiger partial charge in [0.25, 0.3) is 0 Å². The lowest BCUT2D eigenvalue weighted by Crippen LogP contribution is -2.10. The van der Waals surface area contributed by atoms with Crippen molar-refractivity contribution < 1.29 is 19.0 Å². The molecule has 0 aliphatic carbocycles. The molecule has 0 spiro atoms. The molecule has 1 heterocycles. The summed E-state index contributed by atoms with van der Waals surface area (Å²) in [5.41, 5.74) is 2.33. The number of benzene rings is 1. The summed E-state index contributed by atoms with van der Waals surface area (Å²) in [6, 6.07) is 7.50. The first-order valence-corrected chi connectivity index (χ1v) is 7.57. The van der Waals surface area contributed by atoms with E-state index in [1.165, 1.54) is 7.11 Å². The van der Waals surface area contributed by atoms with Crippen LogP contribution in [0.5, 0.6) is 0 Å². The highest BCUT2D eigenvalue weighted by Crippen LogP contribution is 2.20. The molecule has 0 saturated heterocycles. The third kappa shape index (κ3) is 4.02. The molecule has 0 aliphatic heterocycles. The Kier molecular flexibility index (Phi) is 6.28. The highest BCUT2D eigenvalue weighted by atomic mass is 127. The zero-order valence-corrected chi connectivity index (χ0v) is 14.4. The average molecular weight is 417 g/mol. The summed E-state index contributed by atoms with van der Waals surface area (Å²) in [5.74, 6) is -0.300. The SMILES string of the molecule is COCOCc1nnn(-c2ccccc2CC(=O)OC)c1I. The number of carbonyl (C=O) groups excluding carboxylic acids is 1. The smallest absolute Gasteiger partial charge is 0.310 e. The minimum Gasteiger partial charge on any atom is -0.469 e. The molecule has 1 aromatic carbocycles. The summed E-state index contributed by atoms with van der Waals surface area (Å²) in [6.07, 6.45) is 0.179. The predicted octanol–water partition coefficient (Wildman–Crippen LogP) is 1.71. The molecule has 0 aliphatic rings. The third-order valence-electron chi connectivity index (χ3n) is 2.90. The van der Waals surface area contributed by atoms with Crippen LogP contribution in [0.4, 0.5) is 0 Å². The summed E-state index contributed by atoms with van der Waals surface area (Å²) in [4.78, 5) is 11.5. The van der Waals surface area contributed by atoms with E-state index >= 15 is 0 Å². The van der Waals surface area contributed by atoms with Gasteiger partial charge in [-0.3, -0.25) is 4.79 Å². The first-order valence-electron chi connectivity index (χ1n) is 6.49. The number of carbonyl (C=O) groups is 1. The number of halogens is 1. The highest BCUT2D eigenvalue weighted by Gasteiger charge is 2.15. The maximum atomic E-state index is 11.5. The molecule has 0 N–H and O–H groups in total. The van der Waals surface area contributed by atoms with Gasteiger partial charge in [0.2, 0.25) is 0 Å². The molecule has 22 heavy (non-hydrogen) atoms. The quantitative estimate of drug-likeness (QED) is 0.296. The largest absolute Gasteiger partial charge is 0.469 e. The summed E-state index contributed by atoms with van der Waals surface area (Å²) in [7, 11) is 2.93. The van der Waals surface area contributed by atoms with Gasteiger partial charge in [0.15, 0.2) is 0 Å². The van der Waals surface area contributed by atoms with E-state index in [0.717, 1.165) is 15.0 Å². The standard InChI is InChI=1S/C14H16IN3O4/c1-20-9-22-8-11-14(15)18(17-16-11)12-6-4-3-5-10(12)7-13(19)21-2/h3-6H,7-9H2,1-2H3. The Morgan fingerprint density at radius 2 is 2.09 bits per heavy atom. The summed E-state index contributed by atoms with van der Waals surface area (Å²) >= 11 is 2.15. The number of ether oxygens (including phenoxy) is 3. The van der Waals surface area contributed by atoms with Crippen molar-refractivity contribution in [2.45, 2.75) is 13.0 Å². The van der Waals surface area contributed by atoms with Crippen LogP contribution in [0.2, 0.25) is 0 Å². The second-order valence-corrected chi connectivity index (χ2v) is 5.40. The molecule has 0 amide bonds. The zero-order valence-electron chi connectivity index (χ0n) is 12.3. The van der Waals surface area contributed by atoms with Crippen LogP contribution < -0.4 is 0 Å². The van der Waals surface area contributed by atoms with Crippen LogP contribution in [-0.2, 0) is 32.0 Å². The molecule has 7 nitrogen and oxygen atoms in total. The van der Waals surface area contributed by atoms with Crippen LogP contribution in [-0.4, -0.2) is 42.0 Å². The molecule has 2 aromatic rings. The summed E-state index contributed by atoms with van der Waals surface area (Å²) < 4.78 is 17.4. The normalized spacial score (nSPS) is 10.7. The second-order valence-electron chi connectivity index (χ2n) is 4.38. The molecule has 118 valence electrons. The van der Waals surface area contributed by atoms with Crippen molar-refractivity contribution in [1.29, 1.82) is 0 Å². The lowest BCUT2D eigenvalue weighted by Gasteiger charge is -2.09. The Morgan fingerprint density at radius 3 is 2.82 bits per heavy atom. The molecule has 1 aromatic heterocycles. The van der Waals surface area contributed by atoms with Gasteiger partial charge in [-0.2, -0.15) is 0 Å². The molecule has 0 unspecified atom stereocenters. The Morgan fingerprint density at radius 1 is 1.32 bits per heavy atom. The number of hydrogen-bond donors (Lipinski definition) is 0. The molecule has 0 radical (unpaired) electrons. The van der Waals surface area contributed by atoms with Gasteiger partial charge in [0.1, 0.15) is 16.2 Å². The zero-order chi connectivity index (χ0) is 15.9. The van der Waals surface area contributed by atoms with Crippen LogP contribution in [0.25, 0.3) is 5.69 Å². The van der Waals surface area contributed by atoms with Crippen molar-refractivity contribution in [1.82, 2.24) is 15.0 Å². The maximum absolute atomic E-state index is 11.5. The van der Waals surface area contributed by atoms with Crippen molar-refractivity contribution in [2.24, 2.45) is 0 Å². The topological polar surface area (TPSA) is 75.5 Å². The molecule has 0 saturated carbocycles. The minimum atomic E-state index is -0.300. The van der Waals surface area contributed by atoms with Gasteiger partial charge in [-0.1, -0.05) is 23.4 Å². The van der Waals surface area contributed by atoms with Crippen molar-refractivity contribution in [3.8, 4) is 5.69 Å². The van der Waals surface area contributed by atoms with Crippen molar-refractivity contribution in [3.63, 3.8) is 0 Å². The molecular weight excluding hydrogens is 401 g/mol. The number of para-hydroxylation sites is 1. The fourth-order valence-electron chi connectivity index (χ4n) is 1.86. The van der Waals surface area contributed by atoms with Gasteiger partial charge in [0.05, 0.1) is 25.8 Å². The molecular formula is C14H16IN3O4. The van der Waals surface area contributed by atoms with Gasteiger partial charge >= 0.3 is 5.97 Å². The van der Waals surface area contributed by atoms with E-state index in [1.54, 1.807) is 11.8 Å². The van der Waals surface area contributed by atoms with Crippen LogP contribution in [0.1, 0.15) is 11.3 Å². The Balaban J connectivity index is 2.26. The Hall–Kier alpha value is -1.52. The number of esters is 1. The van der Waals surface area contributed by atoms with Crippen LogP contribution in [0.15, 0.2) is 24.3 Å². The van der Waals surface area contributed by atoms with Gasteiger partial charge in [0, 0.05) is 7.11 Å². The first-order chi connectivity index (χ1) is 10.7. The van der Waals surface area contributed by atoms with Gasteiger partial charge in [-0.25, -0.2) is 4.68 Å². The van der Waals surface area contributed by atoms with Gasteiger partial charge in [-0.15, -0.1) is 5.10 Å². The van der Waals surface area contributed by atoms with E-state index in [4.69, 9.17) is 14.2 Å². The summed E-state index contributed by atoms with van der Waals surface area (Å²) in [6.45, 7) is 0.507. The Bertz CT molecular complexity index is 645. The van der Waals surface area contributed by atoms with E-state index in [9.17, 15) is 4.79 Å². The molecule has 8 heteroatoms. The lowest BCUT2D eigenvalue weighted by molar-refractivity contribution is -0.139. The van der Waals surface area contributed by atoms with Crippen LogP contribution >= 0.6 is 22.6 Å². The number of methoxy groups -OCH3 is 2. The van der Waals surface area contributed by atoms with Crippen molar-refractivity contribution in [3.05, 3.63) is 39.2 Å². The van der Waals surface area contributed by atoms with Crippen molar-refractivity contribution >= 4 is 28.6 Å². The monoisotopic (exact) mass is 417 g/mol. The van der Waals surface area contributed by atoms with Crippen molar-refractivity contribution in [2.75, 3.05) is 21.0 Å². The predicted molar refractivity (Wildman–Crippen MR) is 86.5 cm³/mol. The van der Waals surface area contributed by atoms with Gasteiger partial charge < -0.3 is 14.2 Å².